The van der Waals surface area contributed by atoms with Crippen LogP contribution in [0.4, 0.5) is 5.69 Å². The molecule has 3 aromatic rings. The number of aryl methyl sites for hydroxylation is 1. The highest BCUT2D eigenvalue weighted by molar-refractivity contribution is 14.1. The van der Waals surface area contributed by atoms with E-state index in [2.05, 4.69) is 57.3 Å². The second-order valence-corrected chi connectivity index (χ2v) is 10.3. The summed E-state index contributed by atoms with van der Waals surface area (Å²) in [6.45, 7) is 9.36. The minimum atomic E-state index is 0.0145. The maximum absolute atomic E-state index is 13.0. The van der Waals surface area contributed by atoms with E-state index in [-0.39, 0.29) is 17.7 Å². The number of halogens is 2. The van der Waals surface area contributed by atoms with Crippen LogP contribution in [0, 0.1) is 0 Å². The first-order chi connectivity index (χ1) is 18.7. The van der Waals surface area contributed by atoms with Gasteiger partial charge in [0.2, 0.25) is 12.3 Å². The van der Waals surface area contributed by atoms with Crippen LogP contribution < -0.4 is 8.85 Å². The number of phenols is 1. The van der Waals surface area contributed by atoms with Crippen molar-refractivity contribution in [3.8, 4) is 5.75 Å². The van der Waals surface area contributed by atoms with E-state index in [4.69, 9.17) is 11.6 Å². The summed E-state index contributed by atoms with van der Waals surface area (Å²) in [4.78, 5) is 24.9. The zero-order valence-electron chi connectivity index (χ0n) is 22.5. The zero-order chi connectivity index (χ0) is 28.6. The Bertz CT molecular complexity index is 1170. The summed E-state index contributed by atoms with van der Waals surface area (Å²) in [6, 6.07) is 22.6. The van der Waals surface area contributed by atoms with Crippen LogP contribution in [-0.2, 0) is 22.6 Å². The van der Waals surface area contributed by atoms with Crippen LogP contribution in [-0.4, -0.2) is 28.9 Å². The molecule has 0 spiro atoms. The zero-order valence-corrected chi connectivity index (χ0v) is 25.4. The van der Waals surface area contributed by atoms with Gasteiger partial charge in [-0.15, -0.1) is 6.58 Å². The monoisotopic (exact) mass is 661 g/mol. The van der Waals surface area contributed by atoms with Crippen molar-refractivity contribution in [2.24, 2.45) is 0 Å². The number of benzene rings is 3. The Morgan fingerprint density at radius 2 is 1.64 bits per heavy atom. The number of allylic oxidation sites excluding steroid dienone is 1. The van der Waals surface area contributed by atoms with Crippen LogP contribution in [0.25, 0.3) is 0 Å². The van der Waals surface area contributed by atoms with Crippen LogP contribution in [0.2, 0.25) is 5.02 Å². The number of nitrogens with one attached hydrogen (secondary N) is 2. The van der Waals surface area contributed by atoms with Gasteiger partial charge in [-0.25, -0.2) is 0 Å². The molecule has 3 N–H and O–H groups in total. The standard InChI is InChI=1S/C23H29IN2O2.C8H8ClNO/c1-17(2)5-4-16-26(18(3)20-9-11-21(25-24)12-10-20)23(28)15-8-19-6-13-22(27)14-7-19;9-8-3-1-7(2-4-8)5-10-6-11/h6-7,9-14,18,25,27H,1,4-5,8,15-16H2,2-3H3;1-4,6H,5H2,(H,10,11). The lowest BCUT2D eigenvalue weighted by molar-refractivity contribution is -0.133. The van der Waals surface area contributed by atoms with E-state index < -0.39 is 0 Å². The van der Waals surface area contributed by atoms with Gasteiger partial charge in [0.1, 0.15) is 5.75 Å². The molecule has 0 fully saturated rings. The minimum absolute atomic E-state index is 0.0145. The molecule has 39 heavy (non-hydrogen) atoms. The second-order valence-electron chi connectivity index (χ2n) is 9.33. The summed E-state index contributed by atoms with van der Waals surface area (Å²) in [5, 5.41) is 12.7. The summed E-state index contributed by atoms with van der Waals surface area (Å²) in [5.41, 5.74) is 5.41. The van der Waals surface area contributed by atoms with Gasteiger partial charge in [0.15, 0.2) is 0 Å². The number of anilines is 1. The van der Waals surface area contributed by atoms with Gasteiger partial charge in [-0.05, 0) is 86.2 Å². The number of amides is 2. The Balaban J connectivity index is 0.000000404. The smallest absolute Gasteiger partial charge is 0.223 e. The highest BCUT2D eigenvalue weighted by Gasteiger charge is 2.21. The third-order valence-corrected chi connectivity index (χ3v) is 7.03. The molecule has 1 atom stereocenters. The Morgan fingerprint density at radius 3 is 2.21 bits per heavy atom. The lowest BCUT2D eigenvalue weighted by Gasteiger charge is -2.30. The second kappa shape index (κ2) is 17.5. The fourth-order valence-corrected chi connectivity index (χ4v) is 4.39. The van der Waals surface area contributed by atoms with Crippen molar-refractivity contribution < 1.29 is 14.7 Å². The van der Waals surface area contributed by atoms with E-state index in [0.717, 1.165) is 40.8 Å². The van der Waals surface area contributed by atoms with Crippen molar-refractivity contribution in [3.63, 3.8) is 0 Å². The number of hydrogen-bond acceptors (Lipinski definition) is 4. The van der Waals surface area contributed by atoms with Crippen molar-refractivity contribution in [2.45, 2.75) is 52.1 Å². The quantitative estimate of drug-likeness (QED) is 0.0762. The van der Waals surface area contributed by atoms with Crippen LogP contribution >= 0.6 is 34.5 Å². The molecule has 0 aliphatic heterocycles. The third-order valence-electron chi connectivity index (χ3n) is 6.16. The average molecular weight is 662 g/mol. The van der Waals surface area contributed by atoms with E-state index in [1.54, 1.807) is 24.3 Å². The fourth-order valence-electron chi connectivity index (χ4n) is 3.91. The molecule has 0 bridgehead atoms. The molecule has 0 radical (unpaired) electrons. The summed E-state index contributed by atoms with van der Waals surface area (Å²) in [6.07, 6.45) is 3.63. The van der Waals surface area contributed by atoms with E-state index >= 15 is 0 Å². The molecule has 0 aliphatic rings. The summed E-state index contributed by atoms with van der Waals surface area (Å²) < 4.78 is 3.10. The van der Waals surface area contributed by atoms with Crippen molar-refractivity contribution in [3.05, 3.63) is 107 Å². The predicted octanol–water partition coefficient (Wildman–Crippen LogP) is 7.62. The lowest BCUT2D eigenvalue weighted by atomic mass is 10.0. The van der Waals surface area contributed by atoms with Gasteiger partial charge < -0.3 is 18.9 Å². The van der Waals surface area contributed by atoms with Crippen LogP contribution in [0.15, 0.2) is 84.9 Å². The maximum Gasteiger partial charge on any atom is 0.223 e. The summed E-state index contributed by atoms with van der Waals surface area (Å²) >= 11 is 7.77. The van der Waals surface area contributed by atoms with Crippen molar-refractivity contribution in [1.82, 2.24) is 10.2 Å². The number of hydrogen-bond donors (Lipinski definition) is 3. The lowest BCUT2D eigenvalue weighted by Crippen LogP contribution is -2.34. The van der Waals surface area contributed by atoms with Gasteiger partial charge in [0, 0.05) is 30.2 Å². The van der Waals surface area contributed by atoms with Crippen LogP contribution in [0.1, 0.15) is 55.8 Å². The molecule has 0 saturated carbocycles. The molecular weight excluding hydrogens is 625 g/mol. The van der Waals surface area contributed by atoms with Gasteiger partial charge >= 0.3 is 0 Å². The summed E-state index contributed by atoms with van der Waals surface area (Å²) in [5.74, 6) is 0.396. The summed E-state index contributed by atoms with van der Waals surface area (Å²) in [7, 11) is 0. The number of nitrogens with zero attached hydrogens (tertiary/aromatic N) is 1. The molecular formula is C31H37ClIN3O3. The van der Waals surface area contributed by atoms with Crippen LogP contribution in [0.5, 0.6) is 5.75 Å². The van der Waals surface area contributed by atoms with E-state index in [1.165, 1.54) is 0 Å². The third kappa shape index (κ3) is 12.1. The van der Waals surface area contributed by atoms with Crippen molar-refractivity contribution in [1.29, 1.82) is 0 Å². The molecule has 0 aromatic heterocycles. The molecule has 3 aromatic carbocycles. The van der Waals surface area contributed by atoms with Crippen molar-refractivity contribution >= 4 is 52.5 Å². The Hall–Kier alpha value is -3.04. The molecule has 2 amide bonds. The fraction of sp³-hybridized carbons (Fsp3) is 0.290. The maximum atomic E-state index is 13.0. The minimum Gasteiger partial charge on any atom is -0.508 e. The van der Waals surface area contributed by atoms with E-state index in [0.29, 0.717) is 37.4 Å². The number of carbonyl (C=O) groups is 2. The average Bonchev–Trinajstić information content (AvgIpc) is 2.94. The van der Waals surface area contributed by atoms with Gasteiger partial charge in [-0.3, -0.25) is 9.59 Å². The Labute approximate surface area is 251 Å². The molecule has 0 aliphatic carbocycles. The van der Waals surface area contributed by atoms with E-state index in [1.807, 2.05) is 48.2 Å². The predicted molar refractivity (Wildman–Crippen MR) is 169 cm³/mol. The number of aromatic hydroxyl groups is 1. The topological polar surface area (TPSA) is 81.7 Å². The number of phenolic OH excluding ortho intramolecular Hbond substituents is 1. The highest BCUT2D eigenvalue weighted by Crippen LogP contribution is 2.24. The SMILES string of the molecule is C=C(C)CCCN(C(=O)CCc1ccc(O)cc1)C(C)c1ccc(NI)cc1.O=CNCc1ccc(Cl)cc1. The first-order valence-electron chi connectivity index (χ1n) is 12.8. The Kier molecular flexibility index (Phi) is 14.5. The van der Waals surface area contributed by atoms with Crippen LogP contribution in [0.3, 0.4) is 0 Å². The highest BCUT2D eigenvalue weighted by atomic mass is 127. The molecule has 3 rings (SSSR count). The molecule has 0 heterocycles. The number of rotatable bonds is 13. The molecule has 208 valence electrons. The normalized spacial score (nSPS) is 11.0. The van der Waals surface area contributed by atoms with Gasteiger partial charge in [-0.1, -0.05) is 53.6 Å². The number of carbonyl (C=O) groups excluding carboxylic acids is 2. The molecule has 8 heteroatoms. The van der Waals surface area contributed by atoms with Gasteiger partial charge in [0.25, 0.3) is 0 Å². The molecule has 6 nitrogen and oxygen atoms in total. The molecule has 0 saturated heterocycles. The van der Waals surface area contributed by atoms with Gasteiger partial charge in [0.05, 0.1) is 28.9 Å². The first kappa shape index (κ1) is 32.2. The molecule has 1 unspecified atom stereocenters. The largest absolute Gasteiger partial charge is 0.508 e. The Morgan fingerprint density at radius 1 is 1.03 bits per heavy atom. The first-order valence-corrected chi connectivity index (χ1v) is 14.3. The van der Waals surface area contributed by atoms with Gasteiger partial charge in [-0.2, -0.15) is 0 Å². The van der Waals surface area contributed by atoms with Crippen molar-refractivity contribution in [2.75, 3.05) is 10.1 Å². The van der Waals surface area contributed by atoms with E-state index in [9.17, 15) is 14.7 Å².